The van der Waals surface area contributed by atoms with Crippen LogP contribution in [-0.2, 0) is 10.0 Å². The van der Waals surface area contributed by atoms with Crippen LogP contribution in [0.5, 0.6) is 0 Å². The lowest BCUT2D eigenvalue weighted by Gasteiger charge is -2.12. The van der Waals surface area contributed by atoms with Crippen molar-refractivity contribution >= 4 is 27.6 Å². The maximum absolute atomic E-state index is 13.2. The van der Waals surface area contributed by atoms with Gasteiger partial charge >= 0.3 is 0 Å². The third-order valence-electron chi connectivity index (χ3n) is 3.36. The number of rotatable bonds is 6. The first-order chi connectivity index (χ1) is 11.6. The Morgan fingerprint density at radius 3 is 2.36 bits per heavy atom. The molecule has 1 unspecified atom stereocenters. The molecule has 1 aromatic heterocycles. The van der Waals surface area contributed by atoms with E-state index in [1.165, 1.54) is 38.5 Å². The smallest absolute Gasteiger partial charge is 0.244 e. The highest BCUT2D eigenvalue weighted by molar-refractivity contribution is 8.00. The van der Waals surface area contributed by atoms with Gasteiger partial charge in [0.2, 0.25) is 10.0 Å². The molecule has 1 aromatic carbocycles. The van der Waals surface area contributed by atoms with Crippen molar-refractivity contribution in [3.63, 3.8) is 0 Å². The highest BCUT2D eigenvalue weighted by Crippen LogP contribution is 2.25. The largest absolute Gasteiger partial charge is 0.293 e. The van der Waals surface area contributed by atoms with Crippen molar-refractivity contribution in [3.8, 4) is 0 Å². The van der Waals surface area contributed by atoms with Gasteiger partial charge in [-0.2, -0.15) is 0 Å². The molecule has 0 aliphatic heterocycles. The van der Waals surface area contributed by atoms with Crippen LogP contribution in [0.4, 0.5) is 8.78 Å². The molecule has 5 nitrogen and oxygen atoms in total. The van der Waals surface area contributed by atoms with Gasteiger partial charge in [0.1, 0.15) is 4.90 Å². The molecule has 0 bridgehead atoms. The number of sulfonamides is 1. The summed E-state index contributed by atoms with van der Waals surface area (Å²) in [6.07, 6.45) is 1.21. The Bertz CT molecular complexity index is 885. The lowest BCUT2D eigenvalue weighted by atomic mass is 10.1. The summed E-state index contributed by atoms with van der Waals surface area (Å²) in [6, 6.07) is 5.88. The average molecular weight is 386 g/mol. The van der Waals surface area contributed by atoms with Crippen LogP contribution < -0.4 is 0 Å². The number of nitrogens with zero attached hydrogens (tertiary/aromatic N) is 2. The van der Waals surface area contributed by atoms with Gasteiger partial charge in [-0.25, -0.2) is 26.5 Å². The van der Waals surface area contributed by atoms with Gasteiger partial charge in [-0.15, -0.1) is 0 Å². The van der Waals surface area contributed by atoms with Gasteiger partial charge in [0.05, 0.1) is 10.3 Å². The van der Waals surface area contributed by atoms with Crippen LogP contribution in [0.25, 0.3) is 0 Å². The fourth-order valence-corrected chi connectivity index (χ4v) is 3.63. The van der Waals surface area contributed by atoms with E-state index in [4.69, 9.17) is 0 Å². The summed E-state index contributed by atoms with van der Waals surface area (Å²) in [4.78, 5) is 16.4. The zero-order valence-corrected chi connectivity index (χ0v) is 15.4. The van der Waals surface area contributed by atoms with Gasteiger partial charge in [-0.1, -0.05) is 11.8 Å². The Hall–Kier alpha value is -1.84. The Labute approximate surface area is 149 Å². The zero-order valence-electron chi connectivity index (χ0n) is 13.7. The molecular formula is C16H16F2N2O3S2. The van der Waals surface area contributed by atoms with Crippen molar-refractivity contribution in [2.45, 2.75) is 22.1 Å². The first-order valence-electron chi connectivity index (χ1n) is 7.17. The van der Waals surface area contributed by atoms with Crippen LogP contribution in [-0.4, -0.2) is 42.8 Å². The summed E-state index contributed by atoms with van der Waals surface area (Å²) in [5, 5.41) is -0.158. The first kappa shape index (κ1) is 19.5. The van der Waals surface area contributed by atoms with E-state index in [2.05, 4.69) is 4.98 Å². The molecule has 134 valence electrons. The maximum atomic E-state index is 13.2. The first-order valence-corrected chi connectivity index (χ1v) is 9.49. The third kappa shape index (κ3) is 4.42. The van der Waals surface area contributed by atoms with E-state index in [9.17, 15) is 22.0 Å². The summed E-state index contributed by atoms with van der Waals surface area (Å²) in [6.45, 7) is 1.61. The van der Waals surface area contributed by atoms with Crippen LogP contribution >= 0.6 is 11.8 Å². The predicted octanol–water partition coefficient (Wildman–Crippen LogP) is 2.97. The fourth-order valence-electron chi connectivity index (χ4n) is 1.92. The van der Waals surface area contributed by atoms with Crippen LogP contribution in [0.1, 0.15) is 17.3 Å². The highest BCUT2D eigenvalue weighted by Gasteiger charge is 2.20. The Morgan fingerprint density at radius 1 is 1.16 bits per heavy atom. The van der Waals surface area contributed by atoms with E-state index in [0.29, 0.717) is 5.03 Å². The van der Waals surface area contributed by atoms with Gasteiger partial charge in [0, 0.05) is 25.9 Å². The SMILES string of the molecule is CC(Sc1ccc(S(=O)(=O)N(C)C)cn1)C(=O)c1ccc(F)c(F)c1. The van der Waals surface area contributed by atoms with E-state index >= 15 is 0 Å². The molecule has 0 spiro atoms. The summed E-state index contributed by atoms with van der Waals surface area (Å²) >= 11 is 1.10. The second-order valence-electron chi connectivity index (χ2n) is 5.37. The van der Waals surface area contributed by atoms with Crippen LogP contribution in [0.2, 0.25) is 0 Å². The number of halogens is 2. The summed E-state index contributed by atoms with van der Waals surface area (Å²) in [5.74, 6) is -2.48. The van der Waals surface area contributed by atoms with Gasteiger partial charge in [0.25, 0.3) is 0 Å². The van der Waals surface area contributed by atoms with E-state index in [0.717, 1.165) is 28.2 Å². The van der Waals surface area contributed by atoms with E-state index in [1.807, 2.05) is 0 Å². The maximum Gasteiger partial charge on any atom is 0.244 e. The van der Waals surface area contributed by atoms with E-state index in [-0.39, 0.29) is 16.2 Å². The van der Waals surface area contributed by atoms with E-state index in [1.54, 1.807) is 6.92 Å². The predicted molar refractivity (Wildman–Crippen MR) is 91.1 cm³/mol. The minimum atomic E-state index is -3.57. The number of aromatic nitrogens is 1. The highest BCUT2D eigenvalue weighted by atomic mass is 32.2. The van der Waals surface area contributed by atoms with Crippen molar-refractivity contribution < 1.29 is 22.0 Å². The van der Waals surface area contributed by atoms with Gasteiger partial charge in [-0.3, -0.25) is 4.79 Å². The number of carbonyl (C=O) groups excluding carboxylic acids is 1. The fraction of sp³-hybridized carbons (Fsp3) is 0.250. The quantitative estimate of drug-likeness (QED) is 0.564. The number of carbonyl (C=O) groups is 1. The third-order valence-corrected chi connectivity index (χ3v) is 6.21. The average Bonchev–Trinajstić information content (AvgIpc) is 2.57. The number of benzene rings is 1. The minimum absolute atomic E-state index is 0.0430. The monoisotopic (exact) mass is 386 g/mol. The second-order valence-corrected chi connectivity index (χ2v) is 8.89. The molecule has 0 saturated heterocycles. The van der Waals surface area contributed by atoms with Gasteiger partial charge in [0.15, 0.2) is 17.4 Å². The standard InChI is InChI=1S/C16H16F2N2O3S2/c1-10(16(21)11-4-6-13(17)14(18)8-11)24-15-7-5-12(9-19-15)25(22,23)20(2)3/h4-10H,1-3H3. The molecule has 0 aliphatic carbocycles. The number of pyridine rings is 1. The number of thioether (sulfide) groups is 1. The molecule has 2 rings (SSSR count). The Morgan fingerprint density at radius 2 is 1.84 bits per heavy atom. The molecule has 2 aromatic rings. The molecule has 0 amide bonds. The molecule has 9 heteroatoms. The van der Waals surface area contributed by atoms with Crippen molar-refractivity contribution in [2.75, 3.05) is 14.1 Å². The number of Topliss-reactive ketones (excluding diaryl/α,β-unsaturated/α-hetero) is 1. The molecule has 0 radical (unpaired) electrons. The normalized spacial score (nSPS) is 13.0. The van der Waals surface area contributed by atoms with Gasteiger partial charge in [-0.05, 0) is 37.3 Å². The molecule has 25 heavy (non-hydrogen) atoms. The minimum Gasteiger partial charge on any atom is -0.293 e. The number of ketones is 1. The van der Waals surface area contributed by atoms with Crippen molar-refractivity contribution in [1.82, 2.24) is 9.29 Å². The van der Waals surface area contributed by atoms with Crippen LogP contribution in [0, 0.1) is 11.6 Å². The molecule has 0 saturated carbocycles. The Kier molecular flexibility index (Phi) is 5.91. The summed E-state index contributed by atoms with van der Waals surface area (Å²) in [7, 11) is -0.738. The lowest BCUT2D eigenvalue weighted by molar-refractivity contribution is 0.0993. The zero-order chi connectivity index (χ0) is 18.8. The molecule has 1 atom stereocenters. The lowest BCUT2D eigenvalue weighted by Crippen LogP contribution is -2.22. The van der Waals surface area contributed by atoms with E-state index < -0.39 is 26.9 Å². The molecule has 0 N–H and O–H groups in total. The van der Waals surface area contributed by atoms with Crippen molar-refractivity contribution in [2.24, 2.45) is 0 Å². The van der Waals surface area contributed by atoms with Crippen LogP contribution in [0.3, 0.4) is 0 Å². The Balaban J connectivity index is 2.13. The second kappa shape index (κ2) is 7.59. The molecule has 0 aliphatic rings. The number of hydrogen-bond acceptors (Lipinski definition) is 5. The number of hydrogen-bond donors (Lipinski definition) is 0. The van der Waals surface area contributed by atoms with Crippen molar-refractivity contribution in [3.05, 3.63) is 53.7 Å². The molecule has 0 fully saturated rings. The topological polar surface area (TPSA) is 67.3 Å². The van der Waals surface area contributed by atoms with Crippen LogP contribution in [0.15, 0.2) is 46.5 Å². The molecular weight excluding hydrogens is 370 g/mol. The summed E-state index contributed by atoms with van der Waals surface area (Å²) < 4.78 is 51.2. The van der Waals surface area contributed by atoms with Crippen molar-refractivity contribution in [1.29, 1.82) is 0 Å². The van der Waals surface area contributed by atoms with Gasteiger partial charge < -0.3 is 0 Å². The molecule has 1 heterocycles. The summed E-state index contributed by atoms with van der Waals surface area (Å²) in [5.41, 5.74) is 0.0608.